The van der Waals surface area contributed by atoms with Gasteiger partial charge >= 0.3 is 13.8 Å². The van der Waals surface area contributed by atoms with Crippen LogP contribution in [0.4, 0.5) is 0 Å². The molecule has 0 fully saturated rings. The van der Waals surface area contributed by atoms with Gasteiger partial charge in [-0.05, 0) is 11.5 Å². The minimum absolute atomic E-state index is 0.216. The zero-order chi connectivity index (χ0) is 15.2. The molecule has 0 aliphatic heterocycles. The van der Waals surface area contributed by atoms with Crippen molar-refractivity contribution < 1.29 is 28.5 Å². The van der Waals surface area contributed by atoms with Gasteiger partial charge in [-0.3, -0.25) is 14.6 Å². The molecule has 0 heterocycles. The number of phosphoric ester groups is 1. The molecule has 0 saturated carbocycles. The van der Waals surface area contributed by atoms with E-state index in [1.807, 2.05) is 30.3 Å². The van der Waals surface area contributed by atoms with E-state index in [0.717, 1.165) is 5.56 Å². The van der Waals surface area contributed by atoms with E-state index >= 15 is 0 Å². The molecule has 0 radical (unpaired) electrons. The summed E-state index contributed by atoms with van der Waals surface area (Å²) in [6.07, 6.45) is 0. The summed E-state index contributed by atoms with van der Waals surface area (Å²) >= 11 is 0. The third-order valence-corrected chi connectivity index (χ3v) is 2.84. The number of hydroxylamine groups is 1. The van der Waals surface area contributed by atoms with Crippen LogP contribution in [0.2, 0.25) is 0 Å². The van der Waals surface area contributed by atoms with E-state index in [-0.39, 0.29) is 12.5 Å². The second kappa shape index (κ2) is 7.52. The molecular weight excluding hydrogens is 285 g/mol. The van der Waals surface area contributed by atoms with E-state index in [1.54, 1.807) is 13.8 Å². The molecule has 0 unspecified atom stereocenters. The Morgan fingerprint density at radius 2 is 1.90 bits per heavy atom. The summed E-state index contributed by atoms with van der Waals surface area (Å²) in [4.78, 5) is 34.0. The van der Waals surface area contributed by atoms with Crippen LogP contribution in [-0.2, 0) is 25.3 Å². The molecule has 1 rings (SSSR count). The van der Waals surface area contributed by atoms with Crippen LogP contribution in [0.25, 0.3) is 0 Å². The van der Waals surface area contributed by atoms with Crippen LogP contribution in [0.1, 0.15) is 19.4 Å². The average Bonchev–Trinajstić information content (AvgIpc) is 2.33. The average molecular weight is 303 g/mol. The van der Waals surface area contributed by atoms with Crippen LogP contribution in [-0.4, -0.2) is 21.8 Å². The Morgan fingerprint density at radius 3 is 2.40 bits per heavy atom. The zero-order valence-electron chi connectivity index (χ0n) is 11.2. The van der Waals surface area contributed by atoms with Crippen molar-refractivity contribution in [3.8, 4) is 0 Å². The summed E-state index contributed by atoms with van der Waals surface area (Å²) in [7, 11) is -4.85. The topological polar surface area (TPSA) is 105 Å². The molecule has 0 aliphatic carbocycles. The molecule has 0 aliphatic rings. The Hall–Kier alpha value is -1.24. The van der Waals surface area contributed by atoms with Gasteiger partial charge in [0.25, 0.3) is 0 Å². The summed E-state index contributed by atoms with van der Waals surface area (Å²) in [5.74, 6) is -1.31. The van der Waals surface area contributed by atoms with Crippen LogP contribution in [0.15, 0.2) is 30.3 Å². The lowest BCUT2D eigenvalue weighted by Crippen LogP contribution is -2.41. The van der Waals surface area contributed by atoms with Crippen molar-refractivity contribution in [1.82, 2.24) is 5.48 Å². The largest absolute Gasteiger partial charge is 0.527 e. The Kier molecular flexibility index (Phi) is 6.32. The van der Waals surface area contributed by atoms with Crippen molar-refractivity contribution in [2.75, 3.05) is 0 Å². The quantitative estimate of drug-likeness (QED) is 0.516. The molecule has 0 bridgehead atoms. The van der Waals surface area contributed by atoms with Crippen LogP contribution < -0.4 is 5.48 Å². The molecular formula is C12H18NO6P. The van der Waals surface area contributed by atoms with E-state index in [1.165, 1.54) is 0 Å². The number of rotatable bonds is 7. The first kappa shape index (κ1) is 16.8. The third-order valence-electron chi connectivity index (χ3n) is 2.42. The van der Waals surface area contributed by atoms with Gasteiger partial charge in [0.15, 0.2) is 0 Å². The van der Waals surface area contributed by atoms with Gasteiger partial charge in [-0.1, -0.05) is 44.2 Å². The molecule has 1 aromatic rings. The standard InChI is InChI=1S/C12H18NO6P/c1-9(2)11(12(14)19-20(15,16)17)13-18-8-10-6-4-3-5-7-10/h3-7,9,11,13H,8H2,1-2H3,(H2,15,16,17)/t11-/m0/s1. The van der Waals surface area contributed by atoms with E-state index in [4.69, 9.17) is 14.6 Å². The summed E-state index contributed by atoms with van der Waals surface area (Å²) < 4.78 is 14.7. The second-order valence-electron chi connectivity index (χ2n) is 4.51. The highest BCUT2D eigenvalue weighted by Gasteiger charge is 2.30. The van der Waals surface area contributed by atoms with Crippen molar-refractivity contribution in [3.63, 3.8) is 0 Å². The van der Waals surface area contributed by atoms with Crippen LogP contribution in [0.5, 0.6) is 0 Å². The van der Waals surface area contributed by atoms with Gasteiger partial charge < -0.3 is 4.52 Å². The number of hydrogen-bond acceptors (Lipinski definition) is 5. The number of benzene rings is 1. The molecule has 1 aromatic carbocycles. The van der Waals surface area contributed by atoms with Crippen molar-refractivity contribution in [3.05, 3.63) is 35.9 Å². The van der Waals surface area contributed by atoms with Crippen LogP contribution in [0.3, 0.4) is 0 Å². The smallest absolute Gasteiger partial charge is 0.369 e. The van der Waals surface area contributed by atoms with Gasteiger partial charge in [0.2, 0.25) is 0 Å². The van der Waals surface area contributed by atoms with Gasteiger partial charge in [-0.25, -0.2) is 9.36 Å². The second-order valence-corrected chi connectivity index (χ2v) is 5.68. The van der Waals surface area contributed by atoms with E-state index in [2.05, 4.69) is 10.0 Å². The molecule has 7 nitrogen and oxygen atoms in total. The fourth-order valence-electron chi connectivity index (χ4n) is 1.42. The van der Waals surface area contributed by atoms with Crippen molar-refractivity contribution in [1.29, 1.82) is 0 Å². The highest BCUT2D eigenvalue weighted by Crippen LogP contribution is 2.36. The fourth-order valence-corrected chi connectivity index (χ4v) is 1.77. The van der Waals surface area contributed by atoms with Gasteiger partial charge in [0.05, 0.1) is 6.61 Å². The normalized spacial score (nSPS) is 13.2. The van der Waals surface area contributed by atoms with Gasteiger partial charge in [0.1, 0.15) is 6.04 Å². The summed E-state index contributed by atoms with van der Waals surface area (Å²) in [6.45, 7) is 3.61. The Labute approximate surface area is 117 Å². The minimum atomic E-state index is -4.85. The highest BCUT2D eigenvalue weighted by atomic mass is 31.2. The summed E-state index contributed by atoms with van der Waals surface area (Å²) in [5.41, 5.74) is 3.37. The summed E-state index contributed by atoms with van der Waals surface area (Å²) in [6, 6.07) is 8.29. The lowest BCUT2D eigenvalue weighted by molar-refractivity contribution is -0.145. The van der Waals surface area contributed by atoms with Crippen LogP contribution >= 0.6 is 7.82 Å². The maximum atomic E-state index is 11.6. The zero-order valence-corrected chi connectivity index (χ0v) is 12.1. The maximum Gasteiger partial charge on any atom is 0.527 e. The predicted octanol–water partition coefficient (Wildman–Crippen LogP) is 1.37. The first-order valence-corrected chi connectivity index (χ1v) is 7.53. The van der Waals surface area contributed by atoms with Gasteiger partial charge in [-0.2, -0.15) is 5.48 Å². The fraction of sp³-hybridized carbons (Fsp3) is 0.417. The first-order chi connectivity index (χ1) is 9.29. The van der Waals surface area contributed by atoms with Crippen LogP contribution in [0, 0.1) is 5.92 Å². The molecule has 0 amide bonds. The van der Waals surface area contributed by atoms with Crippen molar-refractivity contribution >= 4 is 13.8 Å². The summed E-state index contributed by atoms with van der Waals surface area (Å²) in [5, 5.41) is 0. The Balaban J connectivity index is 2.51. The number of phosphoric acid groups is 1. The van der Waals surface area contributed by atoms with E-state index in [9.17, 15) is 9.36 Å². The first-order valence-electron chi connectivity index (χ1n) is 6.00. The molecule has 112 valence electrons. The number of carbonyl (C=O) groups is 1. The molecule has 20 heavy (non-hydrogen) atoms. The number of hydrogen-bond donors (Lipinski definition) is 3. The van der Waals surface area contributed by atoms with Gasteiger partial charge in [0, 0.05) is 0 Å². The van der Waals surface area contributed by atoms with Gasteiger partial charge in [-0.15, -0.1) is 0 Å². The predicted molar refractivity (Wildman–Crippen MR) is 71.1 cm³/mol. The number of carbonyl (C=O) groups excluding carboxylic acids is 1. The lowest BCUT2D eigenvalue weighted by Gasteiger charge is -2.20. The molecule has 0 aromatic heterocycles. The third kappa shape index (κ3) is 6.27. The Morgan fingerprint density at radius 1 is 1.30 bits per heavy atom. The maximum absolute atomic E-state index is 11.6. The highest BCUT2D eigenvalue weighted by molar-refractivity contribution is 7.46. The van der Waals surface area contributed by atoms with Crippen molar-refractivity contribution in [2.24, 2.45) is 5.92 Å². The lowest BCUT2D eigenvalue weighted by atomic mass is 10.1. The molecule has 0 spiro atoms. The SMILES string of the molecule is CC(C)[C@H](NOCc1ccccc1)C(=O)OP(=O)(O)O. The number of nitrogens with one attached hydrogen (secondary N) is 1. The molecule has 8 heteroatoms. The monoisotopic (exact) mass is 303 g/mol. The van der Waals surface area contributed by atoms with Crippen molar-refractivity contribution in [2.45, 2.75) is 26.5 Å². The molecule has 1 atom stereocenters. The Bertz CT molecular complexity index is 472. The minimum Gasteiger partial charge on any atom is -0.369 e. The van der Waals surface area contributed by atoms with E-state index in [0.29, 0.717) is 0 Å². The molecule has 3 N–H and O–H groups in total. The molecule has 0 saturated heterocycles. The van der Waals surface area contributed by atoms with E-state index < -0.39 is 19.8 Å².